The highest BCUT2D eigenvalue weighted by Gasteiger charge is 2.19. The van der Waals surface area contributed by atoms with E-state index in [0.29, 0.717) is 0 Å². The number of nitrogens with zero attached hydrogens (tertiary/aromatic N) is 2. The largest absolute Gasteiger partial charge is 0.385 e. The van der Waals surface area contributed by atoms with E-state index in [1.165, 1.54) is 83.5 Å². The topological polar surface area (TPSA) is 35.8 Å². The third-order valence-electron chi connectivity index (χ3n) is 5.06. The summed E-state index contributed by atoms with van der Waals surface area (Å²) < 4.78 is 0. The maximum absolute atomic E-state index is 9.65. The number of aliphatic hydroxyl groups is 1. The molecule has 1 atom stereocenters. The second-order valence-electron chi connectivity index (χ2n) is 7.51. The van der Waals surface area contributed by atoms with Gasteiger partial charge in [-0.05, 0) is 19.8 Å². The van der Waals surface area contributed by atoms with E-state index in [4.69, 9.17) is 0 Å². The summed E-state index contributed by atoms with van der Waals surface area (Å²) in [5.41, 5.74) is 0. The molecule has 1 aliphatic rings. The van der Waals surface area contributed by atoms with E-state index in [1.54, 1.807) is 6.92 Å². The van der Waals surface area contributed by atoms with E-state index >= 15 is 0 Å². The van der Waals surface area contributed by atoms with Gasteiger partial charge < -0.3 is 10.0 Å². The van der Waals surface area contributed by atoms with Crippen LogP contribution in [-0.4, -0.2) is 41.6 Å². The van der Waals surface area contributed by atoms with Crippen LogP contribution < -0.4 is 0 Å². The monoisotopic (exact) mass is 350 g/mol. The molecule has 0 saturated carbocycles. The average Bonchev–Trinajstić information content (AvgIpc) is 3.07. The van der Waals surface area contributed by atoms with Gasteiger partial charge in [0.25, 0.3) is 0 Å². The van der Waals surface area contributed by atoms with E-state index in [9.17, 15) is 5.11 Å². The maximum Gasteiger partial charge on any atom is 0.128 e. The Morgan fingerprint density at radius 1 is 0.920 bits per heavy atom. The molecule has 0 amide bonds. The van der Waals surface area contributed by atoms with Crippen molar-refractivity contribution in [3.05, 3.63) is 12.2 Å². The average molecular weight is 351 g/mol. The molecule has 1 aliphatic heterocycles. The molecular formula is C22H42N2O. The van der Waals surface area contributed by atoms with Crippen LogP contribution in [0.4, 0.5) is 0 Å². The number of amidine groups is 1. The van der Waals surface area contributed by atoms with Crippen LogP contribution in [0.3, 0.4) is 0 Å². The molecule has 3 nitrogen and oxygen atoms in total. The van der Waals surface area contributed by atoms with Crippen molar-refractivity contribution in [2.75, 3.05) is 19.6 Å². The summed E-state index contributed by atoms with van der Waals surface area (Å²) in [6.07, 6.45) is 22.2. The fraction of sp³-hybridized carbons (Fsp3) is 0.864. The van der Waals surface area contributed by atoms with Crippen LogP contribution in [0.25, 0.3) is 0 Å². The second kappa shape index (κ2) is 15.4. The molecule has 0 aliphatic carbocycles. The van der Waals surface area contributed by atoms with E-state index in [1.807, 2.05) is 0 Å². The number of allylic oxidation sites excluding steroid dienone is 1. The van der Waals surface area contributed by atoms with Crippen molar-refractivity contribution in [3.63, 3.8) is 0 Å². The molecule has 1 N–H and O–H groups in total. The highest BCUT2D eigenvalue weighted by Crippen LogP contribution is 2.12. The number of aliphatic hydroxyl groups excluding tert-OH is 1. The van der Waals surface area contributed by atoms with Gasteiger partial charge in [0.15, 0.2) is 0 Å². The molecule has 0 aromatic heterocycles. The molecule has 146 valence electrons. The molecule has 0 saturated heterocycles. The summed E-state index contributed by atoms with van der Waals surface area (Å²) in [6.45, 7) is 6.75. The summed E-state index contributed by atoms with van der Waals surface area (Å²) >= 11 is 0. The van der Waals surface area contributed by atoms with Gasteiger partial charge >= 0.3 is 0 Å². The molecule has 0 aromatic carbocycles. The number of hydrogen-bond donors (Lipinski definition) is 1. The molecule has 0 bridgehead atoms. The molecule has 0 radical (unpaired) electrons. The van der Waals surface area contributed by atoms with Gasteiger partial charge in [-0.25, -0.2) is 0 Å². The smallest absolute Gasteiger partial charge is 0.128 e. The van der Waals surface area contributed by atoms with E-state index in [0.717, 1.165) is 25.5 Å². The second-order valence-corrected chi connectivity index (χ2v) is 7.51. The Morgan fingerprint density at radius 2 is 1.48 bits per heavy atom. The Bertz CT molecular complexity index is 363. The third kappa shape index (κ3) is 11.4. The molecule has 1 rings (SSSR count). The molecule has 1 unspecified atom stereocenters. The predicted octanol–water partition coefficient (Wildman–Crippen LogP) is 5.73. The van der Waals surface area contributed by atoms with Crippen molar-refractivity contribution in [1.29, 1.82) is 0 Å². The van der Waals surface area contributed by atoms with Crippen molar-refractivity contribution < 1.29 is 5.11 Å². The first-order valence-electron chi connectivity index (χ1n) is 10.9. The van der Waals surface area contributed by atoms with Crippen molar-refractivity contribution in [2.24, 2.45) is 4.99 Å². The minimum Gasteiger partial charge on any atom is -0.385 e. The van der Waals surface area contributed by atoms with Gasteiger partial charge in [-0.1, -0.05) is 89.7 Å². The van der Waals surface area contributed by atoms with Crippen LogP contribution in [0, 0.1) is 0 Å². The zero-order valence-electron chi connectivity index (χ0n) is 16.9. The van der Waals surface area contributed by atoms with Gasteiger partial charge in [0.05, 0.1) is 6.54 Å². The lowest BCUT2D eigenvalue weighted by Gasteiger charge is -2.20. The molecule has 1 heterocycles. The Labute approximate surface area is 156 Å². The lowest BCUT2D eigenvalue weighted by atomic mass is 10.0. The number of unbranched alkanes of at least 4 members (excludes halogenated alkanes) is 12. The summed E-state index contributed by atoms with van der Waals surface area (Å²) in [6, 6.07) is 0. The van der Waals surface area contributed by atoms with Gasteiger partial charge in [0.1, 0.15) is 11.9 Å². The maximum atomic E-state index is 9.65. The quantitative estimate of drug-likeness (QED) is 0.285. The highest BCUT2D eigenvalue weighted by molar-refractivity contribution is 5.87. The first-order valence-corrected chi connectivity index (χ1v) is 10.9. The van der Waals surface area contributed by atoms with Crippen LogP contribution >= 0.6 is 0 Å². The minimum absolute atomic E-state index is 0.438. The lowest BCUT2D eigenvalue weighted by Crippen LogP contribution is -2.34. The Morgan fingerprint density at radius 3 is 2.04 bits per heavy atom. The zero-order chi connectivity index (χ0) is 18.2. The van der Waals surface area contributed by atoms with Crippen LogP contribution in [-0.2, 0) is 0 Å². The van der Waals surface area contributed by atoms with Crippen molar-refractivity contribution in [2.45, 2.75) is 103 Å². The van der Waals surface area contributed by atoms with E-state index < -0.39 is 6.10 Å². The van der Waals surface area contributed by atoms with Gasteiger partial charge in [-0.2, -0.15) is 0 Å². The Kier molecular flexibility index (Phi) is 13.7. The van der Waals surface area contributed by atoms with Crippen molar-refractivity contribution >= 4 is 5.84 Å². The first-order chi connectivity index (χ1) is 12.3. The van der Waals surface area contributed by atoms with Crippen molar-refractivity contribution in [3.8, 4) is 0 Å². The molecule has 0 spiro atoms. The molecule has 0 fully saturated rings. The Hall–Kier alpha value is -0.830. The minimum atomic E-state index is -0.438. The Balaban J connectivity index is 1.83. The zero-order valence-corrected chi connectivity index (χ0v) is 16.9. The SMILES string of the molecule is CCCCCCCCCCCCCCC=CCN1CCN=C1C(C)O. The normalized spacial score (nSPS) is 16.0. The van der Waals surface area contributed by atoms with E-state index in [2.05, 4.69) is 29.0 Å². The number of aliphatic imine (C=N–C) groups is 1. The molecule has 25 heavy (non-hydrogen) atoms. The number of hydrogen-bond acceptors (Lipinski definition) is 3. The van der Waals surface area contributed by atoms with Gasteiger partial charge in [-0.3, -0.25) is 4.99 Å². The van der Waals surface area contributed by atoms with Crippen LogP contribution in [0.15, 0.2) is 17.1 Å². The molecular weight excluding hydrogens is 308 g/mol. The van der Waals surface area contributed by atoms with Crippen LogP contribution in [0.5, 0.6) is 0 Å². The first kappa shape index (κ1) is 22.2. The standard InChI is InChI=1S/C22H42N2O/c1-3-4-5-6-7-8-9-10-11-12-13-14-15-16-17-19-24-20-18-23-22(24)21(2)25/h16-17,21,25H,3-15,18-20H2,1-2H3. The van der Waals surface area contributed by atoms with E-state index in [-0.39, 0.29) is 0 Å². The summed E-state index contributed by atoms with van der Waals surface area (Å²) in [4.78, 5) is 6.55. The summed E-state index contributed by atoms with van der Waals surface area (Å²) in [5.74, 6) is 0.856. The van der Waals surface area contributed by atoms with Crippen LogP contribution in [0.1, 0.15) is 97.3 Å². The van der Waals surface area contributed by atoms with Gasteiger partial charge in [0, 0.05) is 13.1 Å². The van der Waals surface area contributed by atoms with Crippen molar-refractivity contribution in [1.82, 2.24) is 4.90 Å². The fourth-order valence-corrected chi connectivity index (χ4v) is 3.50. The lowest BCUT2D eigenvalue weighted by molar-refractivity contribution is 0.245. The van der Waals surface area contributed by atoms with Crippen LogP contribution in [0.2, 0.25) is 0 Å². The fourth-order valence-electron chi connectivity index (χ4n) is 3.50. The van der Waals surface area contributed by atoms with Gasteiger partial charge in [-0.15, -0.1) is 0 Å². The van der Waals surface area contributed by atoms with Gasteiger partial charge in [0.2, 0.25) is 0 Å². The molecule has 0 aromatic rings. The summed E-state index contributed by atoms with van der Waals surface area (Å²) in [7, 11) is 0. The third-order valence-corrected chi connectivity index (χ3v) is 5.06. The highest BCUT2D eigenvalue weighted by atomic mass is 16.3. The molecule has 3 heteroatoms. The summed E-state index contributed by atoms with van der Waals surface area (Å²) in [5, 5.41) is 9.65. The predicted molar refractivity (Wildman–Crippen MR) is 110 cm³/mol. The number of rotatable bonds is 16.